The molecule has 2 aliphatic rings. The zero-order valence-corrected chi connectivity index (χ0v) is 16.9. The lowest BCUT2D eigenvalue weighted by molar-refractivity contribution is -0.146. The average Bonchev–Trinajstić information content (AvgIpc) is 3.12. The second-order valence-corrected chi connectivity index (χ2v) is 8.39. The van der Waals surface area contributed by atoms with Gasteiger partial charge in [0.25, 0.3) is 0 Å². The van der Waals surface area contributed by atoms with Crippen molar-refractivity contribution in [2.75, 3.05) is 13.2 Å². The highest BCUT2D eigenvalue weighted by Crippen LogP contribution is 2.54. The zero-order valence-electron chi connectivity index (χ0n) is 16.1. The highest BCUT2D eigenvalue weighted by molar-refractivity contribution is 6.32. The predicted molar refractivity (Wildman–Crippen MR) is 105 cm³/mol. The fourth-order valence-corrected chi connectivity index (χ4v) is 5.59. The van der Waals surface area contributed by atoms with Gasteiger partial charge in [-0.1, -0.05) is 30.9 Å². The molecule has 1 aliphatic carbocycles. The minimum absolute atomic E-state index is 0.295. The van der Waals surface area contributed by atoms with Gasteiger partial charge in [0.2, 0.25) is 5.91 Å². The van der Waals surface area contributed by atoms with Crippen LogP contribution in [0, 0.1) is 17.0 Å². The summed E-state index contributed by atoms with van der Waals surface area (Å²) in [5.41, 5.74) is 5.35. The molecular weight excluding hydrogens is 400 g/mol. The van der Waals surface area contributed by atoms with Gasteiger partial charge in [0.1, 0.15) is 10.8 Å². The number of nitrogens with zero attached hydrogens (tertiary/aromatic N) is 2. The number of benzene rings is 1. The summed E-state index contributed by atoms with van der Waals surface area (Å²) >= 11 is 6.75. The maximum atomic E-state index is 13.8. The summed E-state index contributed by atoms with van der Waals surface area (Å²) in [5, 5.41) is 0.295. The van der Waals surface area contributed by atoms with Crippen molar-refractivity contribution < 1.29 is 18.3 Å². The molecular formula is C21H24ClF2N3O2. The number of halogens is 3. The van der Waals surface area contributed by atoms with E-state index in [1.165, 1.54) is 6.07 Å². The topological polar surface area (TPSA) is 70.1 Å². The lowest BCUT2D eigenvalue weighted by Crippen LogP contribution is -2.59. The summed E-state index contributed by atoms with van der Waals surface area (Å²) in [6.45, 7) is 0.980. The summed E-state index contributed by atoms with van der Waals surface area (Å²) in [4.78, 5) is 17.2. The molecule has 2 aromatic rings. The van der Waals surface area contributed by atoms with Crippen LogP contribution in [-0.4, -0.2) is 28.7 Å². The van der Waals surface area contributed by atoms with Gasteiger partial charge in [-0.25, -0.2) is 13.8 Å². The number of hydrogen-bond acceptors (Lipinski definition) is 3. The third-order valence-electron chi connectivity index (χ3n) is 6.75. The molecule has 2 heterocycles. The van der Waals surface area contributed by atoms with Gasteiger partial charge in [-0.2, -0.15) is 0 Å². The number of hydrogen-bond donors (Lipinski definition) is 1. The second kappa shape index (κ2) is 7.69. The lowest BCUT2D eigenvalue weighted by Gasteiger charge is -2.53. The van der Waals surface area contributed by atoms with Gasteiger partial charge in [0.15, 0.2) is 11.6 Å². The Kier molecular flexibility index (Phi) is 5.38. The summed E-state index contributed by atoms with van der Waals surface area (Å²) < 4.78 is 34.6. The fraction of sp³-hybridized carbons (Fsp3) is 0.524. The molecule has 5 nitrogen and oxygen atoms in total. The third-order valence-corrected chi connectivity index (χ3v) is 7.11. The summed E-state index contributed by atoms with van der Waals surface area (Å²) in [6, 6.07) is 3.57. The Balaban J connectivity index is 1.86. The molecule has 2 N–H and O–H groups in total. The third kappa shape index (κ3) is 3.15. The van der Waals surface area contributed by atoms with Gasteiger partial charge in [-0.05, 0) is 43.9 Å². The molecule has 29 heavy (non-hydrogen) atoms. The Morgan fingerprint density at radius 3 is 2.41 bits per heavy atom. The molecule has 0 radical (unpaired) electrons. The molecule has 8 heteroatoms. The van der Waals surface area contributed by atoms with E-state index in [0.29, 0.717) is 55.3 Å². The average molecular weight is 424 g/mol. The van der Waals surface area contributed by atoms with E-state index in [1.54, 1.807) is 6.33 Å². The van der Waals surface area contributed by atoms with E-state index >= 15 is 0 Å². The van der Waals surface area contributed by atoms with Crippen LogP contribution >= 0.6 is 11.6 Å². The summed E-state index contributed by atoms with van der Waals surface area (Å²) in [6.07, 6.45) is 7.08. The first-order chi connectivity index (χ1) is 13.9. The molecule has 1 saturated heterocycles. The second-order valence-electron chi connectivity index (χ2n) is 8.03. The van der Waals surface area contributed by atoms with Crippen molar-refractivity contribution in [1.82, 2.24) is 9.55 Å². The standard InChI is InChI=1S/C21H24ClF2N3O2/c22-18-17(14-4-5-15(23)16(24)12-14)26-13-27(18)21(8-10-29-11-9-21)20(19(25)28)6-2-1-3-7-20/h4-5,12-13H,1-3,6-11H2,(H2,25,28). The molecule has 0 spiro atoms. The summed E-state index contributed by atoms with van der Waals surface area (Å²) in [5.74, 6) is -2.21. The largest absolute Gasteiger partial charge is 0.381 e. The van der Waals surface area contributed by atoms with E-state index in [-0.39, 0.29) is 5.91 Å². The van der Waals surface area contributed by atoms with E-state index in [0.717, 1.165) is 31.4 Å². The van der Waals surface area contributed by atoms with Crippen molar-refractivity contribution in [3.05, 3.63) is 41.3 Å². The van der Waals surface area contributed by atoms with Crippen molar-refractivity contribution in [2.45, 2.75) is 50.5 Å². The van der Waals surface area contributed by atoms with Crippen LogP contribution in [0.3, 0.4) is 0 Å². The maximum Gasteiger partial charge on any atom is 0.226 e. The zero-order chi connectivity index (χ0) is 20.6. The Labute approximate surface area is 173 Å². The monoisotopic (exact) mass is 423 g/mol. The Morgan fingerprint density at radius 2 is 1.79 bits per heavy atom. The number of amides is 1. The van der Waals surface area contributed by atoms with Crippen molar-refractivity contribution >= 4 is 17.5 Å². The van der Waals surface area contributed by atoms with Crippen molar-refractivity contribution in [3.8, 4) is 11.3 Å². The Morgan fingerprint density at radius 1 is 1.10 bits per heavy atom. The number of ether oxygens (including phenoxy) is 1. The minimum atomic E-state index is -0.963. The minimum Gasteiger partial charge on any atom is -0.381 e. The van der Waals surface area contributed by atoms with E-state index in [2.05, 4.69) is 4.98 Å². The van der Waals surface area contributed by atoms with Crippen LogP contribution < -0.4 is 5.73 Å². The maximum absolute atomic E-state index is 13.8. The molecule has 1 aromatic carbocycles. The van der Waals surface area contributed by atoms with Crippen molar-refractivity contribution in [3.63, 3.8) is 0 Å². The number of carbonyl (C=O) groups is 1. The number of primary amides is 1. The van der Waals surface area contributed by atoms with E-state index in [4.69, 9.17) is 22.1 Å². The Bertz CT molecular complexity index is 919. The molecule has 1 aliphatic heterocycles. The SMILES string of the molecule is NC(=O)C1(C2(n3cnc(-c4ccc(F)c(F)c4)c3Cl)CCOCC2)CCCCC1. The fourth-order valence-electron chi connectivity index (χ4n) is 5.22. The van der Waals surface area contributed by atoms with Crippen LogP contribution in [0.25, 0.3) is 11.3 Å². The smallest absolute Gasteiger partial charge is 0.226 e. The van der Waals surface area contributed by atoms with Crippen LogP contribution in [0.15, 0.2) is 24.5 Å². The van der Waals surface area contributed by atoms with Crippen LogP contribution in [0.2, 0.25) is 5.15 Å². The van der Waals surface area contributed by atoms with Crippen LogP contribution in [0.1, 0.15) is 44.9 Å². The molecule has 0 bridgehead atoms. The van der Waals surface area contributed by atoms with E-state index < -0.39 is 22.6 Å². The number of nitrogens with two attached hydrogens (primary N) is 1. The lowest BCUT2D eigenvalue weighted by atomic mass is 9.58. The summed E-state index contributed by atoms with van der Waals surface area (Å²) in [7, 11) is 0. The van der Waals surface area contributed by atoms with E-state index in [1.807, 2.05) is 4.57 Å². The number of rotatable bonds is 4. The van der Waals surface area contributed by atoms with Gasteiger partial charge in [-0.3, -0.25) is 4.79 Å². The van der Waals surface area contributed by atoms with Crippen LogP contribution in [-0.2, 0) is 15.1 Å². The molecule has 1 aromatic heterocycles. The molecule has 0 unspecified atom stereocenters. The van der Waals surface area contributed by atoms with Gasteiger partial charge < -0.3 is 15.0 Å². The molecule has 0 atom stereocenters. The molecule has 156 valence electrons. The molecule has 1 saturated carbocycles. The highest BCUT2D eigenvalue weighted by atomic mass is 35.5. The first kappa shape index (κ1) is 20.3. The van der Waals surface area contributed by atoms with Crippen LogP contribution in [0.4, 0.5) is 8.78 Å². The number of carbonyl (C=O) groups excluding carboxylic acids is 1. The molecule has 4 rings (SSSR count). The predicted octanol–water partition coefficient (Wildman–Crippen LogP) is 4.42. The Hall–Kier alpha value is -1.99. The van der Waals surface area contributed by atoms with E-state index in [9.17, 15) is 13.6 Å². The number of imidazole rings is 1. The van der Waals surface area contributed by atoms with Crippen molar-refractivity contribution in [1.29, 1.82) is 0 Å². The normalized spacial score (nSPS) is 21.1. The van der Waals surface area contributed by atoms with Gasteiger partial charge in [0, 0.05) is 18.8 Å². The first-order valence-corrected chi connectivity index (χ1v) is 10.4. The molecule has 1 amide bonds. The first-order valence-electron chi connectivity index (χ1n) is 9.98. The van der Waals surface area contributed by atoms with Gasteiger partial charge in [-0.15, -0.1) is 0 Å². The van der Waals surface area contributed by atoms with Crippen molar-refractivity contribution in [2.24, 2.45) is 11.1 Å². The van der Waals surface area contributed by atoms with Crippen LogP contribution in [0.5, 0.6) is 0 Å². The van der Waals surface area contributed by atoms with Gasteiger partial charge in [0.05, 0.1) is 17.3 Å². The van der Waals surface area contributed by atoms with Gasteiger partial charge >= 0.3 is 0 Å². The molecule has 2 fully saturated rings. The highest BCUT2D eigenvalue weighted by Gasteiger charge is 2.57. The number of aromatic nitrogens is 2. The quantitative estimate of drug-likeness (QED) is 0.791.